The third kappa shape index (κ3) is 4.50. The third-order valence-corrected chi connectivity index (χ3v) is 6.21. The summed E-state index contributed by atoms with van der Waals surface area (Å²) in [5, 5.41) is 0.0932. The van der Waals surface area contributed by atoms with Crippen LogP contribution < -0.4 is 11.2 Å². The molecule has 0 unspecified atom stereocenters. The minimum atomic E-state index is -0.419. The normalized spacial score (nSPS) is 13.1. The number of nitrogens with zero attached hydrogens (tertiary/aromatic N) is 4. The van der Waals surface area contributed by atoms with E-state index in [2.05, 4.69) is 29.0 Å². The summed E-state index contributed by atoms with van der Waals surface area (Å²) >= 11 is 5.98. The van der Waals surface area contributed by atoms with Crippen molar-refractivity contribution in [2.75, 3.05) is 0 Å². The molecule has 0 saturated heterocycles. The van der Waals surface area contributed by atoms with E-state index in [1.54, 1.807) is 0 Å². The molecule has 4 rings (SSSR count). The van der Waals surface area contributed by atoms with Gasteiger partial charge in [0.2, 0.25) is 11.2 Å². The Balaban J connectivity index is 1.41. The lowest BCUT2D eigenvalue weighted by Crippen LogP contribution is -2.40. The van der Waals surface area contributed by atoms with E-state index < -0.39 is 5.56 Å². The SMILES string of the molecule is CCCCCn1c(=O)n(CCCCC(=O)N2Cc3ccccc3C2)c(=O)c2[nH]c(Cl)nc21. The van der Waals surface area contributed by atoms with E-state index in [1.165, 1.54) is 20.3 Å². The lowest BCUT2D eigenvalue weighted by molar-refractivity contribution is -0.131. The van der Waals surface area contributed by atoms with Gasteiger partial charge in [-0.25, -0.2) is 4.79 Å². The van der Waals surface area contributed by atoms with Gasteiger partial charge < -0.3 is 9.88 Å². The summed E-state index contributed by atoms with van der Waals surface area (Å²) in [6.07, 6.45) is 4.38. The number of unbranched alkanes of at least 4 members (excludes halogenated alkanes) is 3. The fourth-order valence-electron chi connectivity index (χ4n) is 4.27. The van der Waals surface area contributed by atoms with Gasteiger partial charge in [-0.05, 0) is 42.0 Å². The second-order valence-corrected chi connectivity index (χ2v) is 8.66. The van der Waals surface area contributed by atoms with Crippen molar-refractivity contribution in [1.29, 1.82) is 0 Å². The van der Waals surface area contributed by atoms with Crippen LogP contribution in [-0.2, 0) is 31.0 Å². The van der Waals surface area contributed by atoms with Gasteiger partial charge in [-0.2, -0.15) is 4.98 Å². The molecule has 170 valence electrons. The number of aromatic amines is 1. The van der Waals surface area contributed by atoms with Crippen LogP contribution in [0.2, 0.25) is 5.28 Å². The molecule has 32 heavy (non-hydrogen) atoms. The molecule has 3 aromatic rings. The van der Waals surface area contributed by atoms with Gasteiger partial charge in [0.1, 0.15) is 0 Å². The van der Waals surface area contributed by atoms with Crippen LogP contribution in [0.4, 0.5) is 0 Å². The van der Waals surface area contributed by atoms with Crippen LogP contribution in [0.3, 0.4) is 0 Å². The first-order valence-electron chi connectivity index (χ1n) is 11.2. The summed E-state index contributed by atoms with van der Waals surface area (Å²) in [6.45, 7) is 4.12. The summed E-state index contributed by atoms with van der Waals surface area (Å²) in [5.74, 6) is 0.0984. The zero-order valence-electron chi connectivity index (χ0n) is 18.3. The van der Waals surface area contributed by atoms with Crippen molar-refractivity contribution >= 4 is 28.7 Å². The van der Waals surface area contributed by atoms with Crippen LogP contribution in [0.25, 0.3) is 11.2 Å². The highest BCUT2D eigenvalue weighted by Crippen LogP contribution is 2.23. The predicted octanol–water partition coefficient (Wildman–Crippen LogP) is 3.44. The molecule has 0 aliphatic carbocycles. The van der Waals surface area contributed by atoms with Crippen molar-refractivity contribution in [3.8, 4) is 0 Å². The Labute approximate surface area is 190 Å². The Bertz CT molecular complexity index is 1220. The highest BCUT2D eigenvalue weighted by atomic mass is 35.5. The maximum Gasteiger partial charge on any atom is 0.332 e. The fourth-order valence-corrected chi connectivity index (χ4v) is 4.45. The number of imidazole rings is 1. The van der Waals surface area contributed by atoms with Crippen LogP contribution in [0.15, 0.2) is 33.9 Å². The van der Waals surface area contributed by atoms with Gasteiger partial charge in [0.05, 0.1) is 0 Å². The van der Waals surface area contributed by atoms with Gasteiger partial charge in [-0.3, -0.25) is 18.7 Å². The van der Waals surface area contributed by atoms with Crippen LogP contribution in [0.1, 0.15) is 56.6 Å². The molecule has 3 heterocycles. The Hall–Kier alpha value is -2.87. The number of aryl methyl sites for hydroxylation is 1. The van der Waals surface area contributed by atoms with Crippen molar-refractivity contribution in [3.05, 3.63) is 61.5 Å². The molecule has 1 amide bonds. The Morgan fingerprint density at radius 1 is 1.03 bits per heavy atom. The largest absolute Gasteiger partial charge is 0.334 e. The number of amides is 1. The van der Waals surface area contributed by atoms with Crippen molar-refractivity contribution in [3.63, 3.8) is 0 Å². The Morgan fingerprint density at radius 2 is 1.69 bits per heavy atom. The number of halogens is 1. The summed E-state index contributed by atoms with van der Waals surface area (Å²) in [5.41, 5.74) is 2.16. The van der Waals surface area contributed by atoms with E-state index in [-0.39, 0.29) is 28.9 Å². The van der Waals surface area contributed by atoms with Gasteiger partial charge in [-0.15, -0.1) is 0 Å². The minimum absolute atomic E-state index is 0.0932. The number of carbonyl (C=O) groups is 1. The fraction of sp³-hybridized carbons (Fsp3) is 0.478. The highest BCUT2D eigenvalue weighted by molar-refractivity contribution is 6.28. The number of benzene rings is 1. The molecule has 0 atom stereocenters. The second-order valence-electron chi connectivity index (χ2n) is 8.30. The van der Waals surface area contributed by atoms with E-state index >= 15 is 0 Å². The first-order valence-corrected chi connectivity index (χ1v) is 11.6. The van der Waals surface area contributed by atoms with Crippen LogP contribution in [0.5, 0.6) is 0 Å². The molecule has 0 fully saturated rings. The molecule has 8 nitrogen and oxygen atoms in total. The molecule has 1 aliphatic heterocycles. The van der Waals surface area contributed by atoms with Crippen LogP contribution >= 0.6 is 11.6 Å². The number of fused-ring (bicyclic) bond motifs is 2. The number of hydrogen-bond acceptors (Lipinski definition) is 4. The average Bonchev–Trinajstić information content (AvgIpc) is 3.39. The van der Waals surface area contributed by atoms with Gasteiger partial charge >= 0.3 is 5.69 Å². The number of H-pyrrole nitrogens is 1. The zero-order valence-corrected chi connectivity index (χ0v) is 19.0. The van der Waals surface area contributed by atoms with Crippen LogP contribution in [-0.4, -0.2) is 29.9 Å². The monoisotopic (exact) mass is 457 g/mol. The van der Waals surface area contributed by atoms with Crippen molar-refractivity contribution in [1.82, 2.24) is 24.0 Å². The molecule has 9 heteroatoms. The maximum atomic E-state index is 13.0. The molecular formula is C23H28ClN5O3. The summed E-state index contributed by atoms with van der Waals surface area (Å²) < 4.78 is 2.76. The van der Waals surface area contributed by atoms with Gasteiger partial charge in [0.25, 0.3) is 5.56 Å². The number of carbonyl (C=O) groups excluding carboxylic acids is 1. The van der Waals surface area contributed by atoms with Crippen molar-refractivity contribution < 1.29 is 4.79 Å². The molecule has 1 aliphatic rings. The first-order chi connectivity index (χ1) is 15.5. The Morgan fingerprint density at radius 3 is 2.38 bits per heavy atom. The van der Waals surface area contributed by atoms with Gasteiger partial charge in [-0.1, -0.05) is 44.0 Å². The second kappa shape index (κ2) is 9.73. The third-order valence-electron chi connectivity index (χ3n) is 6.03. The topological polar surface area (TPSA) is 93.0 Å². The van der Waals surface area contributed by atoms with Crippen molar-refractivity contribution in [2.24, 2.45) is 0 Å². The quantitative estimate of drug-likeness (QED) is 0.393. The number of rotatable bonds is 9. The standard InChI is InChI=1S/C23H28ClN5O3/c1-2-3-7-12-28-20-19(25-22(24)26-20)21(31)29(23(28)32)13-8-6-11-18(30)27-14-16-9-4-5-10-17(16)15-27/h4-5,9-10H,2-3,6-8,11-15H2,1H3,(H,25,26). The predicted molar refractivity (Wildman–Crippen MR) is 124 cm³/mol. The molecule has 0 spiro atoms. The lowest BCUT2D eigenvalue weighted by Gasteiger charge is -2.15. The van der Waals surface area contributed by atoms with Gasteiger partial charge in [0.15, 0.2) is 11.2 Å². The van der Waals surface area contributed by atoms with E-state index in [1.807, 2.05) is 17.0 Å². The lowest BCUT2D eigenvalue weighted by atomic mass is 10.1. The van der Waals surface area contributed by atoms with Crippen LogP contribution in [0, 0.1) is 0 Å². The molecule has 0 saturated carbocycles. The van der Waals surface area contributed by atoms with E-state index in [9.17, 15) is 14.4 Å². The zero-order chi connectivity index (χ0) is 22.7. The first kappa shape index (κ1) is 22.3. The summed E-state index contributed by atoms with van der Waals surface area (Å²) in [4.78, 5) is 47.3. The summed E-state index contributed by atoms with van der Waals surface area (Å²) in [6, 6.07) is 8.09. The molecular weight excluding hydrogens is 430 g/mol. The highest BCUT2D eigenvalue weighted by Gasteiger charge is 2.22. The van der Waals surface area contributed by atoms with Gasteiger partial charge in [0, 0.05) is 32.6 Å². The van der Waals surface area contributed by atoms with Crippen molar-refractivity contribution in [2.45, 2.75) is 71.6 Å². The number of hydrogen-bond donors (Lipinski definition) is 1. The summed E-state index contributed by atoms with van der Waals surface area (Å²) in [7, 11) is 0. The van der Waals surface area contributed by atoms with E-state index in [0.29, 0.717) is 44.5 Å². The number of aromatic nitrogens is 4. The van der Waals surface area contributed by atoms with E-state index in [0.717, 1.165) is 19.3 Å². The molecule has 0 radical (unpaired) electrons. The maximum absolute atomic E-state index is 13.0. The van der Waals surface area contributed by atoms with E-state index in [4.69, 9.17) is 11.6 Å². The average molecular weight is 458 g/mol. The molecule has 1 N–H and O–H groups in total. The molecule has 2 aromatic heterocycles. The number of nitrogens with one attached hydrogen (secondary N) is 1. The minimum Gasteiger partial charge on any atom is -0.334 e. The molecule has 1 aromatic carbocycles. The Kier molecular flexibility index (Phi) is 6.79. The molecule has 0 bridgehead atoms. The smallest absolute Gasteiger partial charge is 0.332 e.